The van der Waals surface area contributed by atoms with E-state index in [1.165, 1.54) is 18.3 Å². The van der Waals surface area contributed by atoms with Gasteiger partial charge in [0.2, 0.25) is 0 Å². The molecule has 0 aliphatic rings. The van der Waals surface area contributed by atoms with E-state index in [9.17, 15) is 9.18 Å². The van der Waals surface area contributed by atoms with Crippen LogP contribution in [-0.4, -0.2) is 4.98 Å². The number of hydrogen-bond donors (Lipinski definition) is 1. The molecule has 1 aromatic heterocycles. The molecule has 0 saturated heterocycles. The lowest BCUT2D eigenvalue weighted by Crippen LogP contribution is -2.05. The molecular formula is C12H9ClFNO2. The summed E-state index contributed by atoms with van der Waals surface area (Å²) < 4.78 is 18.7. The highest BCUT2D eigenvalue weighted by Crippen LogP contribution is 2.16. The van der Waals surface area contributed by atoms with Crippen molar-refractivity contribution >= 4 is 11.6 Å². The molecule has 3 nitrogen and oxygen atoms in total. The normalized spacial score (nSPS) is 10.2. The summed E-state index contributed by atoms with van der Waals surface area (Å²) in [5.74, 6) is -0.0366. The molecule has 88 valence electrons. The van der Waals surface area contributed by atoms with Gasteiger partial charge >= 0.3 is 0 Å². The molecular weight excluding hydrogens is 245 g/mol. The molecule has 0 saturated carbocycles. The van der Waals surface area contributed by atoms with Gasteiger partial charge in [-0.2, -0.15) is 0 Å². The highest BCUT2D eigenvalue weighted by Gasteiger charge is 2.04. The molecule has 2 aromatic rings. The second-order valence-corrected chi connectivity index (χ2v) is 3.85. The zero-order valence-corrected chi connectivity index (χ0v) is 9.50. The van der Waals surface area contributed by atoms with Crippen molar-refractivity contribution in [2.75, 3.05) is 0 Å². The first kappa shape index (κ1) is 11.7. The Kier molecular flexibility index (Phi) is 3.44. The topological polar surface area (TPSA) is 42.1 Å². The number of rotatable bonds is 3. The van der Waals surface area contributed by atoms with Crippen LogP contribution in [0.25, 0.3) is 0 Å². The molecule has 0 fully saturated rings. The van der Waals surface area contributed by atoms with Gasteiger partial charge in [0.25, 0.3) is 5.56 Å². The van der Waals surface area contributed by atoms with Gasteiger partial charge < -0.3 is 9.72 Å². The summed E-state index contributed by atoms with van der Waals surface area (Å²) in [6.07, 6.45) is 1.47. The first-order valence-corrected chi connectivity index (χ1v) is 5.28. The van der Waals surface area contributed by atoms with E-state index >= 15 is 0 Å². The predicted octanol–water partition coefficient (Wildman–Crippen LogP) is 2.75. The van der Waals surface area contributed by atoms with E-state index in [0.717, 1.165) is 0 Å². The van der Waals surface area contributed by atoms with Gasteiger partial charge in [0.15, 0.2) is 0 Å². The largest absolute Gasteiger partial charge is 0.489 e. The lowest BCUT2D eigenvalue weighted by Gasteiger charge is -2.06. The Morgan fingerprint density at radius 1 is 1.29 bits per heavy atom. The van der Waals surface area contributed by atoms with Crippen molar-refractivity contribution in [1.29, 1.82) is 0 Å². The lowest BCUT2D eigenvalue weighted by atomic mass is 10.2. The number of benzene rings is 1. The van der Waals surface area contributed by atoms with Crippen LogP contribution in [0.5, 0.6) is 5.75 Å². The molecule has 0 atom stereocenters. The Morgan fingerprint density at radius 2 is 2.12 bits per heavy atom. The average molecular weight is 254 g/mol. The molecule has 1 aromatic carbocycles. The number of hydrogen-bond acceptors (Lipinski definition) is 2. The average Bonchev–Trinajstić information content (AvgIpc) is 2.28. The summed E-state index contributed by atoms with van der Waals surface area (Å²) in [6, 6.07) is 7.24. The van der Waals surface area contributed by atoms with Gasteiger partial charge in [0.05, 0.1) is 0 Å². The van der Waals surface area contributed by atoms with Gasteiger partial charge in [-0.3, -0.25) is 4.79 Å². The number of aromatic amines is 1. The molecule has 0 spiro atoms. The maximum Gasteiger partial charge on any atom is 0.251 e. The number of ether oxygens (including phenoxy) is 1. The zero-order valence-electron chi connectivity index (χ0n) is 8.74. The zero-order chi connectivity index (χ0) is 12.3. The molecule has 0 aliphatic heterocycles. The fourth-order valence-electron chi connectivity index (χ4n) is 1.31. The summed E-state index contributed by atoms with van der Waals surface area (Å²) in [6.45, 7) is 0.0481. The van der Waals surface area contributed by atoms with Crippen LogP contribution in [0.3, 0.4) is 0 Å². The van der Waals surface area contributed by atoms with Gasteiger partial charge in [0.1, 0.15) is 18.2 Å². The van der Waals surface area contributed by atoms with Gasteiger partial charge in [-0.05, 0) is 18.2 Å². The number of aromatic nitrogens is 1. The number of halogens is 2. The van der Waals surface area contributed by atoms with Crippen LogP contribution in [0.1, 0.15) is 5.56 Å². The Labute approximate surface area is 102 Å². The molecule has 0 radical (unpaired) electrons. The van der Waals surface area contributed by atoms with Crippen LogP contribution < -0.4 is 10.3 Å². The molecule has 1 N–H and O–H groups in total. The molecule has 5 heteroatoms. The van der Waals surface area contributed by atoms with Crippen molar-refractivity contribution < 1.29 is 9.13 Å². The summed E-state index contributed by atoms with van der Waals surface area (Å²) in [7, 11) is 0. The minimum atomic E-state index is -0.428. The van der Waals surface area contributed by atoms with E-state index in [1.807, 2.05) is 0 Å². The molecule has 2 rings (SSSR count). The minimum Gasteiger partial charge on any atom is -0.489 e. The fraction of sp³-hybridized carbons (Fsp3) is 0.0833. The van der Waals surface area contributed by atoms with E-state index in [-0.39, 0.29) is 12.2 Å². The Morgan fingerprint density at radius 3 is 2.82 bits per heavy atom. The molecule has 0 unspecified atom stereocenters. The highest BCUT2D eigenvalue weighted by molar-refractivity contribution is 6.30. The fourth-order valence-corrected chi connectivity index (χ4v) is 1.47. The van der Waals surface area contributed by atoms with E-state index in [2.05, 4.69) is 4.98 Å². The van der Waals surface area contributed by atoms with Crippen LogP contribution in [-0.2, 0) is 6.61 Å². The van der Waals surface area contributed by atoms with Crippen LogP contribution in [0, 0.1) is 5.82 Å². The molecule has 1 heterocycles. The third-order valence-corrected chi connectivity index (χ3v) is 2.39. The van der Waals surface area contributed by atoms with Crippen molar-refractivity contribution in [2.45, 2.75) is 6.61 Å². The minimum absolute atomic E-state index is 0.0481. The van der Waals surface area contributed by atoms with Crippen molar-refractivity contribution in [3.63, 3.8) is 0 Å². The van der Waals surface area contributed by atoms with Crippen molar-refractivity contribution in [3.8, 4) is 5.75 Å². The van der Waals surface area contributed by atoms with Crippen LogP contribution >= 0.6 is 11.6 Å². The SMILES string of the molecule is O=c1cc(OCc2ccc(Cl)cc2F)cc[nH]1. The highest BCUT2D eigenvalue weighted by atomic mass is 35.5. The Balaban J connectivity index is 2.10. The second-order valence-electron chi connectivity index (χ2n) is 3.41. The van der Waals surface area contributed by atoms with Gasteiger partial charge in [-0.15, -0.1) is 0 Å². The van der Waals surface area contributed by atoms with Crippen LogP contribution in [0.15, 0.2) is 41.3 Å². The quantitative estimate of drug-likeness (QED) is 0.914. The molecule has 0 amide bonds. The maximum atomic E-state index is 13.4. The molecule has 0 aliphatic carbocycles. The van der Waals surface area contributed by atoms with Crippen molar-refractivity contribution in [3.05, 3.63) is 63.3 Å². The molecule has 0 bridgehead atoms. The third-order valence-electron chi connectivity index (χ3n) is 2.16. The maximum absolute atomic E-state index is 13.4. The van der Waals surface area contributed by atoms with Crippen LogP contribution in [0.2, 0.25) is 5.02 Å². The number of pyridine rings is 1. The van der Waals surface area contributed by atoms with Crippen molar-refractivity contribution in [1.82, 2.24) is 4.98 Å². The van der Waals surface area contributed by atoms with E-state index in [1.54, 1.807) is 18.2 Å². The third kappa shape index (κ3) is 3.07. The standard InChI is InChI=1S/C12H9ClFNO2/c13-9-2-1-8(11(14)5-9)7-17-10-3-4-15-12(16)6-10/h1-6H,7H2,(H,15,16). The molecule has 17 heavy (non-hydrogen) atoms. The summed E-state index contributed by atoms with van der Waals surface area (Å²) in [4.78, 5) is 13.4. The van der Waals surface area contributed by atoms with E-state index in [0.29, 0.717) is 16.3 Å². The summed E-state index contributed by atoms with van der Waals surface area (Å²) in [5, 5.41) is 0.336. The Bertz CT molecular complexity index is 583. The smallest absolute Gasteiger partial charge is 0.251 e. The van der Waals surface area contributed by atoms with Crippen molar-refractivity contribution in [2.24, 2.45) is 0 Å². The lowest BCUT2D eigenvalue weighted by molar-refractivity contribution is 0.299. The van der Waals surface area contributed by atoms with Gasteiger partial charge in [-0.25, -0.2) is 4.39 Å². The first-order valence-electron chi connectivity index (χ1n) is 4.90. The number of nitrogens with one attached hydrogen (secondary N) is 1. The van der Waals surface area contributed by atoms with Gasteiger partial charge in [0, 0.05) is 22.8 Å². The second kappa shape index (κ2) is 5.01. The van der Waals surface area contributed by atoms with Crippen LogP contribution in [0.4, 0.5) is 4.39 Å². The number of H-pyrrole nitrogens is 1. The Hall–Kier alpha value is -1.81. The van der Waals surface area contributed by atoms with E-state index in [4.69, 9.17) is 16.3 Å². The monoisotopic (exact) mass is 253 g/mol. The summed E-state index contributed by atoms with van der Waals surface area (Å²) >= 11 is 5.63. The summed E-state index contributed by atoms with van der Waals surface area (Å²) in [5.41, 5.74) is 0.119. The first-order chi connectivity index (χ1) is 8.15. The van der Waals surface area contributed by atoms with Gasteiger partial charge in [-0.1, -0.05) is 17.7 Å². The van der Waals surface area contributed by atoms with E-state index < -0.39 is 5.82 Å². The predicted molar refractivity (Wildman–Crippen MR) is 62.8 cm³/mol.